The number of hydrogen-bond acceptors (Lipinski definition) is 2. The third-order valence-electron chi connectivity index (χ3n) is 3.02. The van der Waals surface area contributed by atoms with Gasteiger partial charge in [-0.15, -0.1) is 0 Å². The average Bonchev–Trinajstić information content (AvgIpc) is 2.93. The van der Waals surface area contributed by atoms with Crippen molar-refractivity contribution in [1.29, 1.82) is 0 Å². The van der Waals surface area contributed by atoms with Gasteiger partial charge < -0.3 is 9.73 Å². The Hall–Kier alpha value is -2.28. The maximum Gasteiger partial charge on any atom is 0.291 e. The van der Waals surface area contributed by atoms with E-state index in [1.165, 1.54) is 6.07 Å². The summed E-state index contributed by atoms with van der Waals surface area (Å²) >= 11 is 3.31. The van der Waals surface area contributed by atoms with Gasteiger partial charge in [-0.1, -0.05) is 22.0 Å². The van der Waals surface area contributed by atoms with E-state index in [1.54, 1.807) is 18.2 Å². The minimum Gasteiger partial charge on any atom is -0.451 e. The highest BCUT2D eigenvalue weighted by atomic mass is 79.9. The molecule has 1 heterocycles. The van der Waals surface area contributed by atoms with E-state index in [-0.39, 0.29) is 5.76 Å². The lowest BCUT2D eigenvalue weighted by Gasteiger charge is -2.05. The number of hydrogen-bond donors (Lipinski definition) is 1. The summed E-state index contributed by atoms with van der Waals surface area (Å²) < 4.78 is 45.6. The number of rotatable bonds is 2. The standard InChI is InChI=1S/C15H7BrF3NO2/c16-8-2-1-3-11-7(8)6-12(22-11)15(21)20-10-5-4-9(17)13(18)14(10)19/h1-6H,(H,20,21). The normalized spacial score (nSPS) is 10.9. The molecule has 0 radical (unpaired) electrons. The molecule has 112 valence electrons. The predicted octanol–water partition coefficient (Wildman–Crippen LogP) is 4.86. The Kier molecular flexibility index (Phi) is 3.66. The van der Waals surface area contributed by atoms with Crippen LogP contribution in [0.2, 0.25) is 0 Å². The fourth-order valence-electron chi connectivity index (χ4n) is 1.94. The Balaban J connectivity index is 1.94. The molecule has 0 aliphatic rings. The molecule has 7 heteroatoms. The van der Waals surface area contributed by atoms with Crippen LogP contribution in [0, 0.1) is 17.5 Å². The highest BCUT2D eigenvalue weighted by molar-refractivity contribution is 9.10. The van der Waals surface area contributed by atoms with Gasteiger partial charge in [0.05, 0.1) is 5.69 Å². The van der Waals surface area contributed by atoms with Crippen molar-refractivity contribution in [1.82, 2.24) is 0 Å². The third kappa shape index (κ3) is 2.48. The summed E-state index contributed by atoms with van der Waals surface area (Å²) in [7, 11) is 0. The van der Waals surface area contributed by atoms with Crippen LogP contribution in [-0.4, -0.2) is 5.91 Å². The van der Waals surface area contributed by atoms with Gasteiger partial charge in [0.15, 0.2) is 23.2 Å². The maximum atomic E-state index is 13.5. The second-order valence-electron chi connectivity index (χ2n) is 4.44. The van der Waals surface area contributed by atoms with E-state index in [4.69, 9.17) is 4.42 Å². The Morgan fingerprint density at radius 1 is 1.09 bits per heavy atom. The minimum absolute atomic E-state index is 0.0777. The van der Waals surface area contributed by atoms with Crippen molar-refractivity contribution in [2.75, 3.05) is 5.32 Å². The number of furan rings is 1. The van der Waals surface area contributed by atoms with Crippen LogP contribution in [0.1, 0.15) is 10.6 Å². The number of carbonyl (C=O) groups excluding carboxylic acids is 1. The molecule has 0 spiro atoms. The predicted molar refractivity (Wildman–Crippen MR) is 78.2 cm³/mol. The third-order valence-corrected chi connectivity index (χ3v) is 3.71. The first-order valence-electron chi connectivity index (χ1n) is 6.10. The van der Waals surface area contributed by atoms with E-state index in [9.17, 15) is 18.0 Å². The fourth-order valence-corrected chi connectivity index (χ4v) is 2.41. The van der Waals surface area contributed by atoms with Crippen LogP contribution in [-0.2, 0) is 0 Å². The molecule has 0 aliphatic heterocycles. The Bertz CT molecular complexity index is 892. The van der Waals surface area contributed by atoms with E-state index in [0.717, 1.165) is 16.6 Å². The number of fused-ring (bicyclic) bond motifs is 1. The molecular weight excluding hydrogens is 363 g/mol. The van der Waals surface area contributed by atoms with Crippen LogP contribution in [0.25, 0.3) is 11.0 Å². The zero-order valence-corrected chi connectivity index (χ0v) is 12.4. The lowest BCUT2D eigenvalue weighted by molar-refractivity contribution is 0.0998. The number of amides is 1. The van der Waals surface area contributed by atoms with E-state index in [2.05, 4.69) is 21.2 Å². The molecule has 0 saturated heterocycles. The molecule has 1 amide bonds. The molecule has 2 aromatic carbocycles. The Labute approximate surface area is 130 Å². The Morgan fingerprint density at radius 3 is 2.59 bits per heavy atom. The van der Waals surface area contributed by atoms with E-state index < -0.39 is 29.0 Å². The zero-order chi connectivity index (χ0) is 15.9. The van der Waals surface area contributed by atoms with Crippen LogP contribution < -0.4 is 5.32 Å². The van der Waals surface area contributed by atoms with E-state index in [1.807, 2.05) is 0 Å². The van der Waals surface area contributed by atoms with Crippen molar-refractivity contribution >= 4 is 38.5 Å². The first-order chi connectivity index (χ1) is 10.5. The molecule has 1 aromatic heterocycles. The van der Waals surface area contributed by atoms with Crippen LogP contribution in [0.5, 0.6) is 0 Å². The van der Waals surface area contributed by atoms with Gasteiger partial charge in [-0.25, -0.2) is 13.2 Å². The monoisotopic (exact) mass is 369 g/mol. The smallest absolute Gasteiger partial charge is 0.291 e. The van der Waals surface area contributed by atoms with Crippen LogP contribution in [0.15, 0.2) is 45.3 Å². The lowest BCUT2D eigenvalue weighted by atomic mass is 10.2. The SMILES string of the molecule is O=C(Nc1ccc(F)c(F)c1F)c1cc2c(Br)cccc2o1. The van der Waals surface area contributed by atoms with Gasteiger partial charge >= 0.3 is 0 Å². The molecule has 0 unspecified atom stereocenters. The number of nitrogens with one attached hydrogen (secondary N) is 1. The van der Waals surface area contributed by atoms with Gasteiger partial charge in [0.2, 0.25) is 0 Å². The summed E-state index contributed by atoms with van der Waals surface area (Å²) in [6, 6.07) is 8.29. The topological polar surface area (TPSA) is 42.2 Å². The van der Waals surface area contributed by atoms with Crippen LogP contribution >= 0.6 is 15.9 Å². The summed E-state index contributed by atoms with van der Waals surface area (Å²) in [5.41, 5.74) is -0.00583. The van der Waals surface area contributed by atoms with Crippen molar-refractivity contribution in [3.8, 4) is 0 Å². The number of anilines is 1. The van der Waals surface area contributed by atoms with Crippen molar-refractivity contribution in [3.05, 3.63) is 64.1 Å². The molecule has 0 bridgehead atoms. The highest BCUT2D eigenvalue weighted by Gasteiger charge is 2.18. The largest absolute Gasteiger partial charge is 0.451 e. The zero-order valence-electron chi connectivity index (χ0n) is 10.8. The highest BCUT2D eigenvalue weighted by Crippen LogP contribution is 2.28. The molecule has 0 saturated carbocycles. The molecule has 0 fully saturated rings. The lowest BCUT2D eigenvalue weighted by Crippen LogP contribution is -2.13. The maximum absolute atomic E-state index is 13.5. The van der Waals surface area contributed by atoms with Gasteiger partial charge in [0.25, 0.3) is 5.91 Å². The van der Waals surface area contributed by atoms with Gasteiger partial charge in [-0.05, 0) is 30.3 Å². The van der Waals surface area contributed by atoms with Crippen LogP contribution in [0.3, 0.4) is 0 Å². The number of carbonyl (C=O) groups is 1. The van der Waals surface area contributed by atoms with Crippen molar-refractivity contribution in [2.45, 2.75) is 0 Å². The van der Waals surface area contributed by atoms with E-state index >= 15 is 0 Å². The Morgan fingerprint density at radius 2 is 1.86 bits per heavy atom. The summed E-state index contributed by atoms with van der Waals surface area (Å²) in [5.74, 6) is -5.29. The van der Waals surface area contributed by atoms with Gasteiger partial charge in [-0.3, -0.25) is 4.79 Å². The van der Waals surface area contributed by atoms with Crippen molar-refractivity contribution in [2.24, 2.45) is 0 Å². The van der Waals surface area contributed by atoms with Crippen LogP contribution in [0.4, 0.5) is 18.9 Å². The second-order valence-corrected chi connectivity index (χ2v) is 5.29. The average molecular weight is 370 g/mol. The summed E-state index contributed by atoms with van der Waals surface area (Å²) in [5, 5.41) is 2.81. The molecular formula is C15H7BrF3NO2. The summed E-state index contributed by atoms with van der Waals surface area (Å²) in [4.78, 5) is 12.0. The first-order valence-corrected chi connectivity index (χ1v) is 6.89. The summed E-state index contributed by atoms with van der Waals surface area (Å²) in [6.45, 7) is 0. The quantitative estimate of drug-likeness (QED) is 0.655. The molecule has 0 atom stereocenters. The summed E-state index contributed by atoms with van der Waals surface area (Å²) in [6.07, 6.45) is 0. The van der Waals surface area contributed by atoms with Gasteiger partial charge in [-0.2, -0.15) is 0 Å². The molecule has 3 aromatic rings. The van der Waals surface area contributed by atoms with Crippen molar-refractivity contribution < 1.29 is 22.4 Å². The molecule has 3 nitrogen and oxygen atoms in total. The fraction of sp³-hybridized carbons (Fsp3) is 0. The number of benzene rings is 2. The molecule has 22 heavy (non-hydrogen) atoms. The van der Waals surface area contributed by atoms with Crippen molar-refractivity contribution in [3.63, 3.8) is 0 Å². The minimum atomic E-state index is -1.65. The second kappa shape index (κ2) is 5.49. The molecule has 3 rings (SSSR count). The number of halogens is 4. The van der Waals surface area contributed by atoms with Gasteiger partial charge in [0, 0.05) is 9.86 Å². The molecule has 1 N–H and O–H groups in total. The van der Waals surface area contributed by atoms with E-state index in [0.29, 0.717) is 11.0 Å². The van der Waals surface area contributed by atoms with Gasteiger partial charge in [0.1, 0.15) is 5.58 Å². The molecule has 0 aliphatic carbocycles. The first kappa shape index (κ1) is 14.6.